The van der Waals surface area contributed by atoms with Crippen LogP contribution in [0.15, 0.2) is 71.6 Å². The van der Waals surface area contributed by atoms with Crippen molar-refractivity contribution in [3.05, 3.63) is 94.8 Å². The first-order valence-electron chi connectivity index (χ1n) is 10.1. The molecule has 0 aromatic heterocycles. The van der Waals surface area contributed by atoms with Crippen molar-refractivity contribution in [1.29, 1.82) is 0 Å². The molecule has 0 aliphatic heterocycles. The molecule has 0 spiro atoms. The minimum atomic E-state index is -3.76. The first kappa shape index (κ1) is 23.8. The number of carbonyl (C=O) groups is 1. The van der Waals surface area contributed by atoms with E-state index in [1.807, 2.05) is 6.92 Å². The number of halogens is 1. The third kappa shape index (κ3) is 6.11. The fourth-order valence-electron chi connectivity index (χ4n) is 3.04. The monoisotopic (exact) mass is 472 g/mol. The smallest absolute Gasteiger partial charge is 0.261 e. The fraction of sp³-hybridized carbons (Fsp3) is 0.208. The van der Waals surface area contributed by atoms with Gasteiger partial charge >= 0.3 is 0 Å². The molecule has 0 saturated heterocycles. The summed E-state index contributed by atoms with van der Waals surface area (Å²) in [5, 5.41) is 2.84. The van der Waals surface area contributed by atoms with Crippen molar-refractivity contribution in [3.8, 4) is 0 Å². The maximum atomic E-state index is 13.6. The van der Waals surface area contributed by atoms with E-state index in [2.05, 4.69) is 10.0 Å². The van der Waals surface area contributed by atoms with E-state index in [4.69, 9.17) is 0 Å². The molecule has 2 N–H and O–H groups in total. The molecule has 168 valence electrons. The van der Waals surface area contributed by atoms with Crippen LogP contribution in [0.3, 0.4) is 0 Å². The largest absolute Gasteiger partial charge is 0.351 e. The Morgan fingerprint density at radius 1 is 0.969 bits per heavy atom. The number of sulfonamides is 1. The van der Waals surface area contributed by atoms with Gasteiger partial charge in [-0.15, -0.1) is 0 Å². The van der Waals surface area contributed by atoms with E-state index < -0.39 is 10.0 Å². The van der Waals surface area contributed by atoms with E-state index in [1.54, 1.807) is 67.6 Å². The van der Waals surface area contributed by atoms with Crippen LogP contribution in [0.4, 0.5) is 10.1 Å². The molecule has 0 bridgehead atoms. The SMILES string of the molecule is Cc1ccc(S(=O)(=O)Nc2cccc(C(=O)NCCSCc3ccccc3F)c2C)cc1. The molecule has 5 nitrogen and oxygen atoms in total. The molecule has 8 heteroatoms. The van der Waals surface area contributed by atoms with Crippen molar-refractivity contribution in [2.75, 3.05) is 17.0 Å². The number of nitrogens with one attached hydrogen (secondary N) is 2. The number of aryl methyl sites for hydroxylation is 1. The second kappa shape index (κ2) is 10.7. The van der Waals surface area contributed by atoms with Crippen LogP contribution in [0.1, 0.15) is 27.0 Å². The molecule has 3 aromatic rings. The standard InChI is InChI=1S/C24H25FN2O3S2/c1-17-10-12-20(13-11-17)32(29,30)27-23-9-5-7-21(18(23)2)24(28)26-14-15-31-16-19-6-3-4-8-22(19)25/h3-13,27H,14-16H2,1-2H3,(H,26,28). The molecule has 0 heterocycles. The highest BCUT2D eigenvalue weighted by molar-refractivity contribution is 7.98. The van der Waals surface area contributed by atoms with Crippen LogP contribution in [0.25, 0.3) is 0 Å². The van der Waals surface area contributed by atoms with Gasteiger partial charge in [0.15, 0.2) is 0 Å². The molecule has 0 saturated carbocycles. The van der Waals surface area contributed by atoms with Gasteiger partial charge < -0.3 is 5.32 Å². The number of amides is 1. The molecule has 1 amide bonds. The molecular formula is C24H25FN2O3S2. The third-order valence-corrected chi connectivity index (χ3v) is 7.29. The van der Waals surface area contributed by atoms with Crippen LogP contribution in [-0.4, -0.2) is 26.6 Å². The van der Waals surface area contributed by atoms with Gasteiger partial charge in [0.2, 0.25) is 0 Å². The highest BCUT2D eigenvalue weighted by Crippen LogP contribution is 2.23. The van der Waals surface area contributed by atoms with Crippen LogP contribution in [0.2, 0.25) is 0 Å². The van der Waals surface area contributed by atoms with Crippen LogP contribution in [0, 0.1) is 19.7 Å². The molecule has 0 unspecified atom stereocenters. The molecule has 0 fully saturated rings. The van der Waals surface area contributed by atoms with Gasteiger partial charge in [-0.25, -0.2) is 12.8 Å². The first-order chi connectivity index (χ1) is 15.3. The van der Waals surface area contributed by atoms with Crippen molar-refractivity contribution in [2.45, 2.75) is 24.5 Å². The van der Waals surface area contributed by atoms with E-state index in [0.717, 1.165) is 5.56 Å². The van der Waals surface area contributed by atoms with Gasteiger partial charge in [-0.1, -0.05) is 42.0 Å². The second-order valence-electron chi connectivity index (χ2n) is 7.30. The molecule has 32 heavy (non-hydrogen) atoms. The van der Waals surface area contributed by atoms with Crippen LogP contribution in [0.5, 0.6) is 0 Å². The van der Waals surface area contributed by atoms with Gasteiger partial charge in [0.05, 0.1) is 10.6 Å². The van der Waals surface area contributed by atoms with Crippen molar-refractivity contribution < 1.29 is 17.6 Å². The zero-order valence-electron chi connectivity index (χ0n) is 17.9. The third-order valence-electron chi connectivity index (χ3n) is 4.90. The van der Waals surface area contributed by atoms with Gasteiger partial charge in [0.1, 0.15) is 5.82 Å². The highest BCUT2D eigenvalue weighted by atomic mass is 32.2. The van der Waals surface area contributed by atoms with Crippen LogP contribution in [-0.2, 0) is 15.8 Å². The molecule has 3 aromatic carbocycles. The van der Waals surface area contributed by atoms with Gasteiger partial charge in [0, 0.05) is 23.6 Å². The first-order valence-corrected chi connectivity index (χ1v) is 12.7. The van der Waals surface area contributed by atoms with E-state index in [-0.39, 0.29) is 16.6 Å². The van der Waals surface area contributed by atoms with Gasteiger partial charge in [-0.2, -0.15) is 11.8 Å². The fourth-order valence-corrected chi connectivity index (χ4v) is 5.01. The summed E-state index contributed by atoms with van der Waals surface area (Å²) in [7, 11) is -3.76. The van der Waals surface area contributed by atoms with Crippen LogP contribution >= 0.6 is 11.8 Å². The summed E-state index contributed by atoms with van der Waals surface area (Å²) in [6.45, 7) is 4.00. The Hall–Kier alpha value is -2.84. The average molecular weight is 473 g/mol. The summed E-state index contributed by atoms with van der Waals surface area (Å²) in [6, 6.07) is 18.1. The summed E-state index contributed by atoms with van der Waals surface area (Å²) in [5.41, 5.74) is 2.89. The van der Waals surface area contributed by atoms with Gasteiger partial charge in [0.25, 0.3) is 15.9 Å². The van der Waals surface area contributed by atoms with Gasteiger partial charge in [-0.05, 0) is 55.3 Å². The number of benzene rings is 3. The molecule has 0 atom stereocenters. The molecule has 3 rings (SSSR count). The maximum Gasteiger partial charge on any atom is 0.261 e. The minimum absolute atomic E-state index is 0.157. The number of hydrogen-bond donors (Lipinski definition) is 2. The van der Waals surface area contributed by atoms with Crippen molar-refractivity contribution in [1.82, 2.24) is 5.32 Å². The second-order valence-corrected chi connectivity index (χ2v) is 10.1. The Balaban J connectivity index is 1.59. The Morgan fingerprint density at radius 3 is 2.41 bits per heavy atom. The predicted octanol–water partition coefficient (Wildman–Crippen LogP) is 4.91. The summed E-state index contributed by atoms with van der Waals surface area (Å²) in [6.07, 6.45) is 0. The summed E-state index contributed by atoms with van der Waals surface area (Å²) < 4.78 is 41.6. The van der Waals surface area contributed by atoms with E-state index >= 15 is 0 Å². The number of carbonyl (C=O) groups excluding carboxylic acids is 1. The lowest BCUT2D eigenvalue weighted by Gasteiger charge is -2.14. The Bertz CT molecular complexity index is 1200. The summed E-state index contributed by atoms with van der Waals surface area (Å²) in [4.78, 5) is 12.8. The summed E-state index contributed by atoms with van der Waals surface area (Å²) >= 11 is 1.53. The number of thioether (sulfide) groups is 1. The van der Waals surface area contributed by atoms with Crippen molar-refractivity contribution >= 4 is 33.4 Å². The lowest BCUT2D eigenvalue weighted by atomic mass is 10.1. The predicted molar refractivity (Wildman–Crippen MR) is 128 cm³/mol. The zero-order valence-corrected chi connectivity index (χ0v) is 19.5. The molecule has 0 aliphatic rings. The van der Waals surface area contributed by atoms with Crippen molar-refractivity contribution in [2.24, 2.45) is 0 Å². The Morgan fingerprint density at radius 2 is 1.69 bits per heavy atom. The minimum Gasteiger partial charge on any atom is -0.351 e. The Labute approximate surface area is 192 Å². The molecule has 0 radical (unpaired) electrons. The average Bonchev–Trinajstić information content (AvgIpc) is 2.76. The Kier molecular flexibility index (Phi) is 7.93. The quantitative estimate of drug-likeness (QED) is 0.434. The molecule has 0 aliphatic carbocycles. The van der Waals surface area contributed by atoms with E-state index in [1.165, 1.54) is 17.8 Å². The number of rotatable bonds is 9. The lowest BCUT2D eigenvalue weighted by Crippen LogP contribution is -2.27. The van der Waals surface area contributed by atoms with E-state index in [9.17, 15) is 17.6 Å². The number of anilines is 1. The van der Waals surface area contributed by atoms with Gasteiger partial charge in [-0.3, -0.25) is 9.52 Å². The lowest BCUT2D eigenvalue weighted by molar-refractivity contribution is 0.0955. The topological polar surface area (TPSA) is 75.3 Å². The van der Waals surface area contributed by atoms with Crippen LogP contribution < -0.4 is 10.0 Å². The normalized spacial score (nSPS) is 11.2. The maximum absolute atomic E-state index is 13.6. The zero-order chi connectivity index (χ0) is 23.1. The highest BCUT2D eigenvalue weighted by Gasteiger charge is 2.18. The number of hydrogen-bond acceptors (Lipinski definition) is 4. The van der Waals surface area contributed by atoms with Crippen molar-refractivity contribution in [3.63, 3.8) is 0 Å². The summed E-state index contributed by atoms with van der Waals surface area (Å²) in [5.74, 6) is 0.631. The van der Waals surface area contributed by atoms with E-state index in [0.29, 0.717) is 40.4 Å². The molecular weight excluding hydrogens is 447 g/mol.